The van der Waals surface area contributed by atoms with Crippen molar-refractivity contribution in [3.8, 4) is 0 Å². The van der Waals surface area contributed by atoms with Crippen LogP contribution >= 0.6 is 0 Å². The summed E-state index contributed by atoms with van der Waals surface area (Å²) in [7, 11) is 0. The van der Waals surface area contributed by atoms with Gasteiger partial charge in [-0.1, -0.05) is 6.92 Å². The second kappa shape index (κ2) is 6.23. The molecule has 0 saturated carbocycles. The van der Waals surface area contributed by atoms with E-state index in [1.807, 2.05) is 6.92 Å². The lowest BCUT2D eigenvalue weighted by Crippen LogP contribution is -2.54. The highest BCUT2D eigenvalue weighted by Gasteiger charge is 2.36. The number of hydrogen-bond acceptors (Lipinski definition) is 4. The largest absolute Gasteiger partial charge is 0.481 e. The molecule has 1 fully saturated rings. The summed E-state index contributed by atoms with van der Waals surface area (Å²) in [6, 6.07) is -0.0822. The molecule has 1 saturated heterocycles. The summed E-state index contributed by atoms with van der Waals surface area (Å²) < 4.78 is 5.27. The van der Waals surface area contributed by atoms with Crippen LogP contribution in [-0.2, 0) is 9.53 Å². The molecular weight excluding hydrogens is 248 g/mol. The molecule has 0 spiro atoms. The predicted octanol–water partition coefficient (Wildman–Crippen LogP) is 1.31. The van der Waals surface area contributed by atoms with Crippen molar-refractivity contribution in [1.82, 2.24) is 10.2 Å². The Kier molecular flexibility index (Phi) is 5.17. The molecule has 1 heterocycles. The fraction of sp³-hybridized carbons (Fsp3) is 0.846. The van der Waals surface area contributed by atoms with Gasteiger partial charge in [0.15, 0.2) is 0 Å². The Morgan fingerprint density at radius 1 is 1.42 bits per heavy atom. The number of carbonyl (C=O) groups excluding carboxylic acids is 1. The highest BCUT2D eigenvalue weighted by Crippen LogP contribution is 2.20. The molecule has 1 aliphatic rings. The van der Waals surface area contributed by atoms with Gasteiger partial charge >= 0.3 is 12.1 Å². The number of ether oxygens (including phenoxy) is 1. The molecule has 0 bridgehead atoms. The minimum atomic E-state index is -0.876. The number of carboxylic acid groups (broad SMARTS) is 1. The fourth-order valence-electron chi connectivity index (χ4n) is 2.20. The van der Waals surface area contributed by atoms with E-state index in [9.17, 15) is 14.7 Å². The Hall–Kier alpha value is -1.30. The van der Waals surface area contributed by atoms with Crippen LogP contribution in [0.4, 0.5) is 4.79 Å². The second-order valence-corrected chi connectivity index (χ2v) is 5.82. The molecule has 1 rings (SSSR count). The molecular formula is C13H24N2O4. The van der Waals surface area contributed by atoms with E-state index in [-0.39, 0.29) is 12.6 Å². The summed E-state index contributed by atoms with van der Waals surface area (Å²) in [6.45, 7) is 8.78. The Morgan fingerprint density at radius 3 is 2.53 bits per heavy atom. The number of rotatable bonds is 3. The van der Waals surface area contributed by atoms with E-state index >= 15 is 0 Å². The summed E-state index contributed by atoms with van der Waals surface area (Å²) in [4.78, 5) is 24.7. The number of hydrogen-bond donors (Lipinski definition) is 2. The summed E-state index contributed by atoms with van der Waals surface area (Å²) in [5.41, 5.74) is -0.561. The first-order chi connectivity index (χ1) is 8.74. The van der Waals surface area contributed by atoms with Crippen LogP contribution in [0.3, 0.4) is 0 Å². The van der Waals surface area contributed by atoms with E-state index in [0.29, 0.717) is 13.0 Å². The van der Waals surface area contributed by atoms with E-state index in [1.165, 1.54) is 4.90 Å². The highest BCUT2D eigenvalue weighted by atomic mass is 16.6. The first-order valence-corrected chi connectivity index (χ1v) is 6.68. The van der Waals surface area contributed by atoms with Crippen LogP contribution in [0.25, 0.3) is 0 Å². The highest BCUT2D eigenvalue weighted by molar-refractivity contribution is 5.74. The Labute approximate surface area is 114 Å². The molecule has 19 heavy (non-hydrogen) atoms. The van der Waals surface area contributed by atoms with Crippen molar-refractivity contribution in [2.75, 3.05) is 19.6 Å². The second-order valence-electron chi connectivity index (χ2n) is 5.82. The van der Waals surface area contributed by atoms with Crippen molar-refractivity contribution < 1.29 is 19.4 Å². The molecule has 2 unspecified atom stereocenters. The molecule has 2 N–H and O–H groups in total. The fourth-order valence-corrected chi connectivity index (χ4v) is 2.20. The van der Waals surface area contributed by atoms with Crippen LogP contribution in [0.2, 0.25) is 0 Å². The monoisotopic (exact) mass is 272 g/mol. The number of carboxylic acids is 1. The van der Waals surface area contributed by atoms with E-state index in [1.54, 1.807) is 20.8 Å². The summed E-state index contributed by atoms with van der Waals surface area (Å²) >= 11 is 0. The van der Waals surface area contributed by atoms with Gasteiger partial charge in [0, 0.05) is 19.1 Å². The van der Waals surface area contributed by atoms with Gasteiger partial charge in [-0.3, -0.25) is 4.79 Å². The van der Waals surface area contributed by atoms with Crippen molar-refractivity contribution in [1.29, 1.82) is 0 Å². The third kappa shape index (κ3) is 4.70. The normalized spacial score (nSPS) is 24.1. The average Bonchev–Trinajstić information content (AvgIpc) is 2.27. The average molecular weight is 272 g/mol. The van der Waals surface area contributed by atoms with Crippen molar-refractivity contribution >= 4 is 12.1 Å². The molecule has 1 amide bonds. The Balaban J connectivity index is 2.66. The van der Waals surface area contributed by atoms with Gasteiger partial charge in [-0.15, -0.1) is 0 Å². The molecule has 0 aliphatic carbocycles. The number of piperidine rings is 1. The van der Waals surface area contributed by atoms with E-state index in [0.717, 1.165) is 6.54 Å². The van der Waals surface area contributed by atoms with Gasteiger partial charge in [0.05, 0.1) is 5.92 Å². The first-order valence-electron chi connectivity index (χ1n) is 6.68. The number of aliphatic carboxylic acids is 1. The molecule has 0 aromatic heterocycles. The minimum Gasteiger partial charge on any atom is -0.481 e. The van der Waals surface area contributed by atoms with E-state index < -0.39 is 23.6 Å². The lowest BCUT2D eigenvalue weighted by atomic mass is 9.92. The number of carbonyl (C=O) groups is 2. The SMILES string of the molecule is CCNC1CCN(C(=O)OC(C)(C)C)CC1C(=O)O. The Bertz CT molecular complexity index is 338. The van der Waals surface area contributed by atoms with Crippen LogP contribution in [-0.4, -0.2) is 53.3 Å². The number of nitrogens with one attached hydrogen (secondary N) is 1. The predicted molar refractivity (Wildman–Crippen MR) is 71.0 cm³/mol. The smallest absolute Gasteiger partial charge is 0.410 e. The van der Waals surface area contributed by atoms with Crippen LogP contribution in [0, 0.1) is 5.92 Å². The lowest BCUT2D eigenvalue weighted by molar-refractivity contribution is -0.144. The van der Waals surface area contributed by atoms with Gasteiger partial charge in [-0.25, -0.2) is 4.79 Å². The summed E-state index contributed by atoms with van der Waals surface area (Å²) in [6.07, 6.45) is 0.193. The van der Waals surface area contributed by atoms with Gasteiger partial charge in [0.1, 0.15) is 5.60 Å². The van der Waals surface area contributed by atoms with Crippen LogP contribution in [0.15, 0.2) is 0 Å². The van der Waals surface area contributed by atoms with Crippen molar-refractivity contribution in [2.45, 2.75) is 45.8 Å². The minimum absolute atomic E-state index is 0.0822. The van der Waals surface area contributed by atoms with Gasteiger partial charge in [0.25, 0.3) is 0 Å². The molecule has 0 aromatic rings. The van der Waals surface area contributed by atoms with Gasteiger partial charge in [-0.05, 0) is 33.7 Å². The van der Waals surface area contributed by atoms with Gasteiger partial charge in [-0.2, -0.15) is 0 Å². The molecule has 0 radical (unpaired) electrons. The maximum absolute atomic E-state index is 11.9. The van der Waals surface area contributed by atoms with E-state index in [2.05, 4.69) is 5.32 Å². The van der Waals surface area contributed by atoms with Crippen LogP contribution < -0.4 is 5.32 Å². The third-order valence-electron chi connectivity index (χ3n) is 3.05. The zero-order valence-electron chi connectivity index (χ0n) is 12.1. The molecule has 6 heteroatoms. The van der Waals surface area contributed by atoms with Crippen LogP contribution in [0.5, 0.6) is 0 Å². The molecule has 6 nitrogen and oxygen atoms in total. The van der Waals surface area contributed by atoms with Crippen molar-refractivity contribution in [3.63, 3.8) is 0 Å². The van der Waals surface area contributed by atoms with Crippen LogP contribution in [0.1, 0.15) is 34.1 Å². The summed E-state index contributed by atoms with van der Waals surface area (Å²) in [5.74, 6) is -1.46. The quantitative estimate of drug-likeness (QED) is 0.809. The van der Waals surface area contributed by atoms with Crippen molar-refractivity contribution in [2.24, 2.45) is 5.92 Å². The van der Waals surface area contributed by atoms with Crippen molar-refractivity contribution in [3.05, 3.63) is 0 Å². The van der Waals surface area contributed by atoms with E-state index in [4.69, 9.17) is 4.74 Å². The van der Waals surface area contributed by atoms with Gasteiger partial charge in [0.2, 0.25) is 0 Å². The topological polar surface area (TPSA) is 78.9 Å². The Morgan fingerprint density at radius 2 is 2.05 bits per heavy atom. The maximum Gasteiger partial charge on any atom is 0.410 e. The summed E-state index contributed by atoms with van der Waals surface area (Å²) in [5, 5.41) is 12.4. The lowest BCUT2D eigenvalue weighted by Gasteiger charge is -2.37. The maximum atomic E-state index is 11.9. The molecule has 0 aromatic carbocycles. The third-order valence-corrected chi connectivity index (χ3v) is 3.05. The first kappa shape index (κ1) is 15.8. The molecule has 110 valence electrons. The number of likely N-dealkylation sites (tertiary alicyclic amines) is 1. The molecule has 1 aliphatic heterocycles. The number of amides is 1. The zero-order valence-corrected chi connectivity index (χ0v) is 12.1. The zero-order chi connectivity index (χ0) is 14.6. The van der Waals surface area contributed by atoms with Gasteiger partial charge < -0.3 is 20.1 Å². The standard InChI is InChI=1S/C13H24N2O4/c1-5-14-10-6-7-15(8-9(10)11(16)17)12(18)19-13(2,3)4/h9-10,14H,5-8H2,1-4H3,(H,16,17). The molecule has 2 atom stereocenters. The number of nitrogens with zero attached hydrogens (tertiary/aromatic N) is 1.